The maximum Gasteiger partial charge on any atom is 0.162 e. The number of para-hydroxylation sites is 1. The van der Waals surface area contributed by atoms with Crippen LogP contribution in [-0.2, 0) is 4.79 Å². The Bertz CT molecular complexity index is 1470. The zero-order valence-electron chi connectivity index (χ0n) is 19.3. The number of pyridine rings is 1. The maximum absolute atomic E-state index is 13.7. The van der Waals surface area contributed by atoms with Gasteiger partial charge in [-0.05, 0) is 48.2 Å². The van der Waals surface area contributed by atoms with E-state index >= 15 is 0 Å². The van der Waals surface area contributed by atoms with E-state index in [9.17, 15) is 10.1 Å². The number of nitrogens with zero attached hydrogens (tertiary/aromatic N) is 3. The topological polar surface area (TPSA) is 95.0 Å². The number of anilines is 1. The molecular weight excluding hydrogens is 481 g/mol. The van der Waals surface area contributed by atoms with Crippen molar-refractivity contribution >= 4 is 45.6 Å². The quantitative estimate of drug-likeness (QED) is 0.406. The van der Waals surface area contributed by atoms with Gasteiger partial charge in [-0.25, -0.2) is 9.99 Å². The van der Waals surface area contributed by atoms with Gasteiger partial charge in [-0.15, -0.1) is 0 Å². The Morgan fingerprint density at radius 1 is 1.14 bits per heavy atom. The van der Waals surface area contributed by atoms with Crippen molar-refractivity contribution in [2.24, 2.45) is 11.1 Å². The van der Waals surface area contributed by atoms with Crippen LogP contribution in [0.1, 0.15) is 38.2 Å². The van der Waals surface area contributed by atoms with Crippen molar-refractivity contribution in [2.75, 3.05) is 5.43 Å². The summed E-state index contributed by atoms with van der Waals surface area (Å²) in [6, 6.07) is 18.9. The molecule has 0 radical (unpaired) electrons. The molecule has 0 fully saturated rings. The number of nitrogens with two attached hydrogens (primary N) is 1. The van der Waals surface area contributed by atoms with Crippen molar-refractivity contribution in [1.82, 2.24) is 9.99 Å². The maximum atomic E-state index is 13.7. The van der Waals surface area contributed by atoms with Crippen LogP contribution >= 0.6 is 23.2 Å². The fourth-order valence-electron chi connectivity index (χ4n) is 4.93. The molecule has 0 amide bonds. The molecule has 35 heavy (non-hydrogen) atoms. The molecule has 1 aromatic heterocycles. The van der Waals surface area contributed by atoms with E-state index in [1.54, 1.807) is 23.2 Å². The summed E-state index contributed by atoms with van der Waals surface area (Å²) in [4.78, 5) is 18.2. The smallest absolute Gasteiger partial charge is 0.162 e. The van der Waals surface area contributed by atoms with Gasteiger partial charge in [0.1, 0.15) is 11.0 Å². The summed E-state index contributed by atoms with van der Waals surface area (Å²) >= 11 is 12.9. The second kappa shape index (κ2) is 8.60. The summed E-state index contributed by atoms with van der Waals surface area (Å²) in [6.07, 6.45) is 0.943. The Morgan fingerprint density at radius 2 is 1.89 bits per heavy atom. The highest BCUT2D eigenvalue weighted by Crippen LogP contribution is 2.50. The number of Topliss-reactive ketones (excluding diaryl/α,β-unsaturated/α-hetero) is 1. The predicted molar refractivity (Wildman–Crippen MR) is 138 cm³/mol. The number of hydrazine groups is 1. The Hall–Kier alpha value is -3.53. The summed E-state index contributed by atoms with van der Waals surface area (Å²) < 4.78 is 0. The van der Waals surface area contributed by atoms with Gasteiger partial charge in [-0.1, -0.05) is 55.2 Å². The zero-order chi connectivity index (χ0) is 24.9. The van der Waals surface area contributed by atoms with Gasteiger partial charge in [0.15, 0.2) is 5.78 Å². The van der Waals surface area contributed by atoms with Crippen LogP contribution < -0.4 is 11.2 Å². The molecule has 1 aliphatic heterocycles. The number of allylic oxidation sites excluding steroid dienone is 3. The average Bonchev–Trinajstić information content (AvgIpc) is 2.80. The molecule has 8 heteroatoms. The van der Waals surface area contributed by atoms with Crippen molar-refractivity contribution < 1.29 is 4.79 Å². The standard InChI is InChI=1S/C27H23Cl2N5O/c1-27(2)12-21-24(22(35)13-27)23(18-11-15-10-16(28)8-9-20(15)32-25(18)29)19(14-30)26(31)34(21)33-17-6-4-3-5-7-17/h3-11,23,33H,12-13,31H2,1-2H3. The van der Waals surface area contributed by atoms with Gasteiger partial charge < -0.3 is 5.73 Å². The first-order valence-corrected chi connectivity index (χ1v) is 12.0. The SMILES string of the molecule is CC1(C)CC(=O)C2=C(C1)N(Nc1ccccc1)C(N)=C(C#N)C2c1cc2cc(Cl)ccc2nc1Cl. The molecule has 3 aromatic rings. The molecule has 0 saturated heterocycles. The molecule has 176 valence electrons. The Labute approximate surface area is 213 Å². The number of halogens is 2. The second-order valence-electron chi connectivity index (χ2n) is 9.66. The summed E-state index contributed by atoms with van der Waals surface area (Å²) in [5.74, 6) is -0.535. The van der Waals surface area contributed by atoms with Crippen LogP contribution in [0.5, 0.6) is 0 Å². The molecule has 0 saturated carbocycles. The molecule has 0 spiro atoms. The highest BCUT2D eigenvalue weighted by molar-refractivity contribution is 6.32. The third-order valence-electron chi connectivity index (χ3n) is 6.46. The minimum absolute atomic E-state index is 0.0383. The number of hydrogen-bond donors (Lipinski definition) is 2. The first-order chi connectivity index (χ1) is 16.7. The predicted octanol–water partition coefficient (Wildman–Crippen LogP) is 6.30. The fraction of sp³-hybridized carbons (Fsp3) is 0.222. The molecule has 2 aliphatic rings. The molecule has 1 unspecified atom stereocenters. The summed E-state index contributed by atoms with van der Waals surface area (Å²) in [5.41, 5.74) is 13.2. The highest BCUT2D eigenvalue weighted by Gasteiger charge is 2.45. The summed E-state index contributed by atoms with van der Waals surface area (Å²) in [5, 5.41) is 13.5. The Balaban J connectivity index is 1.74. The average molecular weight is 504 g/mol. The van der Waals surface area contributed by atoms with Gasteiger partial charge in [-0.2, -0.15) is 5.26 Å². The van der Waals surface area contributed by atoms with Gasteiger partial charge >= 0.3 is 0 Å². The largest absolute Gasteiger partial charge is 0.383 e. The number of rotatable bonds is 3. The Kier molecular flexibility index (Phi) is 5.71. The first-order valence-electron chi connectivity index (χ1n) is 11.2. The fourth-order valence-corrected chi connectivity index (χ4v) is 5.37. The molecule has 1 aliphatic carbocycles. The number of carbonyl (C=O) groups excluding carboxylic acids is 1. The molecule has 6 nitrogen and oxygen atoms in total. The van der Waals surface area contributed by atoms with Crippen LogP contribution in [-0.4, -0.2) is 15.8 Å². The van der Waals surface area contributed by atoms with Crippen LogP contribution in [0.3, 0.4) is 0 Å². The molecule has 5 rings (SSSR count). The number of nitrogens with one attached hydrogen (secondary N) is 1. The summed E-state index contributed by atoms with van der Waals surface area (Å²) in [6.45, 7) is 4.10. The van der Waals surface area contributed by atoms with Gasteiger partial charge in [0.05, 0.1) is 34.5 Å². The normalized spacial score (nSPS) is 19.6. The highest BCUT2D eigenvalue weighted by atomic mass is 35.5. The second-order valence-corrected chi connectivity index (χ2v) is 10.5. The lowest BCUT2D eigenvalue weighted by molar-refractivity contribution is -0.118. The number of nitriles is 1. The number of hydrogen-bond acceptors (Lipinski definition) is 6. The van der Waals surface area contributed by atoms with Crippen molar-refractivity contribution in [1.29, 1.82) is 5.26 Å². The molecule has 1 atom stereocenters. The monoisotopic (exact) mass is 503 g/mol. The van der Waals surface area contributed by atoms with E-state index < -0.39 is 5.92 Å². The van der Waals surface area contributed by atoms with Crippen molar-refractivity contribution in [3.05, 3.63) is 93.0 Å². The number of benzene rings is 2. The van der Waals surface area contributed by atoms with E-state index in [-0.39, 0.29) is 27.7 Å². The van der Waals surface area contributed by atoms with Gasteiger partial charge in [0.25, 0.3) is 0 Å². The number of ketones is 1. The molecule has 2 heterocycles. The zero-order valence-corrected chi connectivity index (χ0v) is 20.8. The minimum Gasteiger partial charge on any atom is -0.383 e. The van der Waals surface area contributed by atoms with Crippen LogP contribution in [0.25, 0.3) is 10.9 Å². The van der Waals surface area contributed by atoms with Crippen LogP contribution in [0, 0.1) is 16.7 Å². The Morgan fingerprint density at radius 3 is 2.60 bits per heavy atom. The number of aromatic nitrogens is 1. The van der Waals surface area contributed by atoms with Gasteiger partial charge in [-0.3, -0.25) is 10.2 Å². The van der Waals surface area contributed by atoms with Gasteiger partial charge in [0, 0.05) is 28.0 Å². The van der Waals surface area contributed by atoms with E-state index in [1.165, 1.54) is 0 Å². The van der Waals surface area contributed by atoms with E-state index in [2.05, 4.69) is 30.3 Å². The molecule has 2 aromatic carbocycles. The third kappa shape index (κ3) is 4.12. The lowest BCUT2D eigenvalue weighted by Gasteiger charge is -2.43. The van der Waals surface area contributed by atoms with Crippen molar-refractivity contribution in [3.63, 3.8) is 0 Å². The molecular formula is C27H23Cl2N5O. The van der Waals surface area contributed by atoms with E-state index in [1.807, 2.05) is 36.4 Å². The third-order valence-corrected chi connectivity index (χ3v) is 7.00. The van der Waals surface area contributed by atoms with Gasteiger partial charge in [0.2, 0.25) is 0 Å². The van der Waals surface area contributed by atoms with Crippen LogP contribution in [0.4, 0.5) is 5.69 Å². The van der Waals surface area contributed by atoms with E-state index in [0.29, 0.717) is 34.5 Å². The number of carbonyl (C=O) groups is 1. The lowest BCUT2D eigenvalue weighted by Crippen LogP contribution is -2.44. The number of fused-ring (bicyclic) bond motifs is 1. The lowest BCUT2D eigenvalue weighted by atomic mass is 9.69. The van der Waals surface area contributed by atoms with Crippen molar-refractivity contribution in [2.45, 2.75) is 32.6 Å². The van der Waals surface area contributed by atoms with Crippen LogP contribution in [0.2, 0.25) is 10.2 Å². The first kappa shape index (κ1) is 23.2. The van der Waals surface area contributed by atoms with E-state index in [4.69, 9.17) is 28.9 Å². The minimum atomic E-state index is -0.726. The van der Waals surface area contributed by atoms with E-state index in [0.717, 1.165) is 16.8 Å². The molecule has 0 bridgehead atoms. The summed E-state index contributed by atoms with van der Waals surface area (Å²) in [7, 11) is 0. The van der Waals surface area contributed by atoms with Crippen molar-refractivity contribution in [3.8, 4) is 6.07 Å². The van der Waals surface area contributed by atoms with Crippen LogP contribution in [0.15, 0.2) is 77.3 Å². The molecule has 3 N–H and O–H groups in total.